The molecule has 20 heavy (non-hydrogen) atoms. The highest BCUT2D eigenvalue weighted by Gasteiger charge is 2.23. The molecule has 1 aromatic carbocycles. The summed E-state index contributed by atoms with van der Waals surface area (Å²) in [6, 6.07) is 9.10. The summed E-state index contributed by atoms with van der Waals surface area (Å²) >= 11 is 0. The smallest absolute Gasteiger partial charge is 0.143 e. The molecule has 1 atom stereocenters. The van der Waals surface area contributed by atoms with Crippen LogP contribution in [0.25, 0.3) is 0 Å². The van der Waals surface area contributed by atoms with Gasteiger partial charge in [0.15, 0.2) is 0 Å². The van der Waals surface area contributed by atoms with E-state index in [4.69, 9.17) is 10.5 Å². The number of nitriles is 2. The van der Waals surface area contributed by atoms with Crippen LogP contribution in [0.5, 0.6) is 0 Å². The molecule has 0 aliphatic carbocycles. The molecule has 4 nitrogen and oxygen atoms in total. The number of benzene rings is 1. The molecule has 0 N–H and O–H groups in total. The average molecular weight is 272 g/mol. The maximum atomic E-state index is 13.6. The first-order valence-electron chi connectivity index (χ1n) is 6.72. The minimum absolute atomic E-state index is 0.117. The van der Waals surface area contributed by atoms with E-state index in [9.17, 15) is 4.39 Å². The fourth-order valence-electron chi connectivity index (χ4n) is 2.55. The molecule has 1 aliphatic rings. The Balaban J connectivity index is 2.07. The molecule has 104 valence electrons. The van der Waals surface area contributed by atoms with Crippen molar-refractivity contribution in [2.75, 3.05) is 31.1 Å². The Bertz CT molecular complexity index is 550. The van der Waals surface area contributed by atoms with Crippen LogP contribution in [0.2, 0.25) is 0 Å². The predicted molar refractivity (Wildman–Crippen MR) is 74.6 cm³/mol. The molecular weight excluding hydrogens is 255 g/mol. The first kappa shape index (κ1) is 14.3. The van der Waals surface area contributed by atoms with Gasteiger partial charge in [-0.05, 0) is 19.1 Å². The highest BCUT2D eigenvalue weighted by molar-refractivity contribution is 5.60. The summed E-state index contributed by atoms with van der Waals surface area (Å²) in [5, 5.41) is 17.8. The lowest BCUT2D eigenvalue weighted by atomic mass is 10.1. The molecule has 1 aromatic rings. The molecule has 1 saturated heterocycles. The Hall–Kier alpha value is -2.11. The molecule has 1 aliphatic heterocycles. The van der Waals surface area contributed by atoms with Gasteiger partial charge in [-0.25, -0.2) is 4.39 Å². The van der Waals surface area contributed by atoms with E-state index in [-0.39, 0.29) is 11.6 Å². The second kappa shape index (κ2) is 6.36. The Labute approximate surface area is 118 Å². The third-order valence-corrected chi connectivity index (χ3v) is 3.77. The van der Waals surface area contributed by atoms with Gasteiger partial charge in [0, 0.05) is 32.2 Å². The van der Waals surface area contributed by atoms with Crippen molar-refractivity contribution in [3.05, 3.63) is 29.6 Å². The molecule has 0 radical (unpaired) electrons. The van der Waals surface area contributed by atoms with E-state index in [1.807, 2.05) is 17.9 Å². The molecule has 0 spiro atoms. The summed E-state index contributed by atoms with van der Waals surface area (Å²) in [6.07, 6.45) is 0.517. The van der Waals surface area contributed by atoms with E-state index < -0.39 is 5.82 Å². The standard InChI is InChI=1S/C15H17FN4/c1-12(5-6-17)19-7-9-20(10-8-19)15-4-2-3-14(16)13(15)11-18/h2-4,12H,5,7-10H2,1H3/t12-/m1/s1. The van der Waals surface area contributed by atoms with Crippen LogP contribution in [-0.4, -0.2) is 37.1 Å². The summed E-state index contributed by atoms with van der Waals surface area (Å²) in [5.41, 5.74) is 0.783. The number of piperazine rings is 1. The van der Waals surface area contributed by atoms with Crippen LogP contribution in [0.15, 0.2) is 18.2 Å². The molecule has 0 amide bonds. The van der Waals surface area contributed by atoms with Gasteiger partial charge in [-0.1, -0.05) is 6.07 Å². The Morgan fingerprint density at radius 1 is 1.25 bits per heavy atom. The molecule has 2 rings (SSSR count). The average Bonchev–Trinajstić information content (AvgIpc) is 2.47. The topological polar surface area (TPSA) is 54.1 Å². The van der Waals surface area contributed by atoms with Crippen LogP contribution >= 0.6 is 0 Å². The number of anilines is 1. The van der Waals surface area contributed by atoms with Gasteiger partial charge in [0.25, 0.3) is 0 Å². The second-order valence-corrected chi connectivity index (χ2v) is 4.98. The van der Waals surface area contributed by atoms with E-state index in [2.05, 4.69) is 11.0 Å². The molecule has 0 unspecified atom stereocenters. The van der Waals surface area contributed by atoms with E-state index in [1.54, 1.807) is 12.1 Å². The third kappa shape index (κ3) is 2.89. The SMILES string of the molecule is C[C@H](CC#N)N1CCN(c2cccc(F)c2C#N)CC1. The predicted octanol–water partition coefficient (Wildman–Crippen LogP) is 2.12. The Kier molecular flexibility index (Phi) is 4.55. The molecule has 0 bridgehead atoms. The first-order valence-corrected chi connectivity index (χ1v) is 6.72. The van der Waals surface area contributed by atoms with Crippen LogP contribution in [0, 0.1) is 28.5 Å². The van der Waals surface area contributed by atoms with Crippen LogP contribution < -0.4 is 4.90 Å². The van der Waals surface area contributed by atoms with E-state index >= 15 is 0 Å². The van der Waals surface area contributed by atoms with Crippen LogP contribution in [-0.2, 0) is 0 Å². The summed E-state index contributed by atoms with van der Waals surface area (Å²) in [6.45, 7) is 5.18. The fraction of sp³-hybridized carbons (Fsp3) is 0.467. The number of rotatable bonds is 3. The van der Waals surface area contributed by atoms with Crippen molar-refractivity contribution in [2.24, 2.45) is 0 Å². The number of halogens is 1. The van der Waals surface area contributed by atoms with Crippen molar-refractivity contribution < 1.29 is 4.39 Å². The first-order chi connectivity index (χ1) is 9.67. The van der Waals surface area contributed by atoms with Crippen molar-refractivity contribution in [3.63, 3.8) is 0 Å². The van der Waals surface area contributed by atoms with Crippen LogP contribution in [0.1, 0.15) is 18.9 Å². The zero-order chi connectivity index (χ0) is 14.5. The van der Waals surface area contributed by atoms with Crippen LogP contribution in [0.3, 0.4) is 0 Å². The number of nitrogens with zero attached hydrogens (tertiary/aromatic N) is 4. The van der Waals surface area contributed by atoms with Crippen molar-refractivity contribution in [3.8, 4) is 12.1 Å². The van der Waals surface area contributed by atoms with Gasteiger partial charge in [0.05, 0.1) is 18.2 Å². The van der Waals surface area contributed by atoms with Gasteiger partial charge in [0.2, 0.25) is 0 Å². The summed E-state index contributed by atoms with van der Waals surface area (Å²) in [7, 11) is 0. The highest BCUT2D eigenvalue weighted by Crippen LogP contribution is 2.24. The van der Waals surface area contributed by atoms with Gasteiger partial charge < -0.3 is 4.90 Å². The lowest BCUT2D eigenvalue weighted by Crippen LogP contribution is -2.49. The largest absolute Gasteiger partial charge is 0.368 e. The summed E-state index contributed by atoms with van der Waals surface area (Å²) in [4.78, 5) is 4.29. The van der Waals surface area contributed by atoms with E-state index in [1.165, 1.54) is 6.07 Å². The summed E-state index contributed by atoms with van der Waals surface area (Å²) in [5.74, 6) is -0.467. The van der Waals surface area contributed by atoms with Crippen molar-refractivity contribution in [1.82, 2.24) is 4.90 Å². The van der Waals surface area contributed by atoms with Gasteiger partial charge in [-0.3, -0.25) is 4.90 Å². The monoisotopic (exact) mass is 272 g/mol. The molecule has 1 heterocycles. The zero-order valence-corrected chi connectivity index (χ0v) is 11.5. The fourth-order valence-corrected chi connectivity index (χ4v) is 2.55. The molecule has 5 heteroatoms. The molecule has 0 saturated carbocycles. The Morgan fingerprint density at radius 3 is 2.55 bits per heavy atom. The van der Waals surface area contributed by atoms with Gasteiger partial charge in [-0.15, -0.1) is 0 Å². The normalized spacial score (nSPS) is 17.3. The third-order valence-electron chi connectivity index (χ3n) is 3.77. The maximum absolute atomic E-state index is 13.6. The van der Waals surface area contributed by atoms with Crippen molar-refractivity contribution in [2.45, 2.75) is 19.4 Å². The van der Waals surface area contributed by atoms with E-state index in [0.29, 0.717) is 12.1 Å². The zero-order valence-electron chi connectivity index (χ0n) is 11.5. The lowest BCUT2D eigenvalue weighted by molar-refractivity contribution is 0.199. The lowest BCUT2D eigenvalue weighted by Gasteiger charge is -2.38. The minimum atomic E-state index is -0.467. The van der Waals surface area contributed by atoms with Crippen molar-refractivity contribution >= 4 is 5.69 Å². The number of hydrogen-bond acceptors (Lipinski definition) is 4. The Morgan fingerprint density at radius 2 is 1.95 bits per heavy atom. The van der Waals surface area contributed by atoms with Gasteiger partial charge in [0.1, 0.15) is 17.4 Å². The molecule has 0 aromatic heterocycles. The van der Waals surface area contributed by atoms with E-state index in [0.717, 1.165) is 26.2 Å². The minimum Gasteiger partial charge on any atom is -0.368 e. The quantitative estimate of drug-likeness (QED) is 0.845. The second-order valence-electron chi connectivity index (χ2n) is 4.98. The highest BCUT2D eigenvalue weighted by atomic mass is 19.1. The van der Waals surface area contributed by atoms with Crippen LogP contribution in [0.4, 0.5) is 10.1 Å². The molecular formula is C15H17FN4. The maximum Gasteiger partial charge on any atom is 0.143 e. The van der Waals surface area contributed by atoms with Gasteiger partial charge >= 0.3 is 0 Å². The molecule has 1 fully saturated rings. The van der Waals surface area contributed by atoms with Crippen molar-refractivity contribution in [1.29, 1.82) is 10.5 Å². The van der Waals surface area contributed by atoms with Gasteiger partial charge in [-0.2, -0.15) is 10.5 Å². The number of hydrogen-bond donors (Lipinski definition) is 0. The summed E-state index contributed by atoms with van der Waals surface area (Å²) < 4.78 is 13.6.